The third kappa shape index (κ3) is 2.74. The van der Waals surface area contributed by atoms with E-state index in [1.807, 2.05) is 0 Å². The number of aromatic nitrogens is 1. The van der Waals surface area contributed by atoms with Gasteiger partial charge in [0.1, 0.15) is 0 Å². The first-order chi connectivity index (χ1) is 8.82. The minimum Gasteiger partial charge on any atom is -0.469 e. The van der Waals surface area contributed by atoms with Crippen LogP contribution in [0.3, 0.4) is 0 Å². The molecule has 0 N–H and O–H groups in total. The van der Waals surface area contributed by atoms with Gasteiger partial charge in [0.15, 0.2) is 0 Å². The van der Waals surface area contributed by atoms with Crippen LogP contribution >= 0.6 is 11.6 Å². The number of methoxy groups -OCH3 is 1. The summed E-state index contributed by atoms with van der Waals surface area (Å²) < 4.78 is 29.2. The number of carbonyl (C=O) groups is 1. The minimum atomic E-state index is -3.44. The molecule has 0 aliphatic carbocycles. The fraction of sp³-hybridized carbons (Fsp3) is 0.250. The van der Waals surface area contributed by atoms with Gasteiger partial charge in [0.25, 0.3) is 0 Å². The first-order valence-corrected chi connectivity index (χ1v) is 7.62. The molecule has 2 aromatic rings. The Morgan fingerprint density at radius 3 is 2.68 bits per heavy atom. The average molecular weight is 302 g/mol. The molecular weight excluding hydrogens is 290 g/mol. The molecule has 5 nitrogen and oxygen atoms in total. The molecule has 0 aliphatic rings. The van der Waals surface area contributed by atoms with E-state index in [1.54, 1.807) is 18.2 Å². The van der Waals surface area contributed by atoms with Crippen molar-refractivity contribution in [2.75, 3.05) is 13.4 Å². The smallest absolute Gasteiger partial charge is 0.310 e. The molecule has 0 fully saturated rings. The van der Waals surface area contributed by atoms with Gasteiger partial charge in [0.05, 0.1) is 25.3 Å². The van der Waals surface area contributed by atoms with Gasteiger partial charge < -0.3 is 4.74 Å². The summed E-state index contributed by atoms with van der Waals surface area (Å²) in [6.07, 6.45) is 2.52. The Labute approximate surface area is 115 Å². The summed E-state index contributed by atoms with van der Waals surface area (Å²) in [6, 6.07) is 4.85. The number of benzene rings is 1. The van der Waals surface area contributed by atoms with E-state index >= 15 is 0 Å². The first kappa shape index (κ1) is 13.9. The number of carbonyl (C=O) groups excluding carboxylic acids is 1. The molecule has 0 aliphatic heterocycles. The largest absolute Gasteiger partial charge is 0.469 e. The standard InChI is InChI=1S/C12H12ClNO4S/c1-18-12(15)5-8-7-14(19(2,16)17)11-4-3-9(13)6-10(8)11/h3-4,6-7H,5H2,1-2H3. The van der Waals surface area contributed by atoms with E-state index in [4.69, 9.17) is 11.6 Å². The number of hydrogen-bond acceptors (Lipinski definition) is 4. The maximum atomic E-state index is 11.7. The lowest BCUT2D eigenvalue weighted by molar-refractivity contribution is -0.139. The number of ether oxygens (including phenoxy) is 1. The van der Waals surface area contributed by atoms with E-state index in [0.717, 1.165) is 10.2 Å². The van der Waals surface area contributed by atoms with Crippen LogP contribution in [-0.2, 0) is 26.0 Å². The van der Waals surface area contributed by atoms with Crippen molar-refractivity contribution in [2.45, 2.75) is 6.42 Å². The number of hydrogen-bond donors (Lipinski definition) is 0. The minimum absolute atomic E-state index is 0.00410. The van der Waals surface area contributed by atoms with Crippen LogP contribution in [-0.4, -0.2) is 31.7 Å². The molecule has 0 atom stereocenters. The van der Waals surface area contributed by atoms with E-state index in [2.05, 4.69) is 4.74 Å². The molecule has 0 saturated carbocycles. The fourth-order valence-electron chi connectivity index (χ4n) is 1.88. The predicted molar refractivity (Wildman–Crippen MR) is 72.9 cm³/mol. The maximum absolute atomic E-state index is 11.7. The van der Waals surface area contributed by atoms with Gasteiger partial charge >= 0.3 is 5.97 Å². The molecule has 0 bridgehead atoms. The quantitative estimate of drug-likeness (QED) is 0.811. The molecule has 0 unspecified atom stereocenters. The van der Waals surface area contributed by atoms with Crippen LogP contribution in [0.4, 0.5) is 0 Å². The summed E-state index contributed by atoms with van der Waals surface area (Å²) in [5.41, 5.74) is 1.06. The lowest BCUT2D eigenvalue weighted by Crippen LogP contribution is -2.08. The highest BCUT2D eigenvalue weighted by molar-refractivity contribution is 7.89. The molecule has 1 heterocycles. The summed E-state index contributed by atoms with van der Waals surface area (Å²) in [5, 5.41) is 1.10. The fourth-order valence-corrected chi connectivity index (χ4v) is 2.89. The normalized spacial score (nSPS) is 11.7. The summed E-state index contributed by atoms with van der Waals surface area (Å²) in [7, 11) is -2.16. The second-order valence-corrected chi connectivity index (χ2v) is 6.42. The second-order valence-electron chi connectivity index (χ2n) is 4.13. The van der Waals surface area contributed by atoms with Crippen LogP contribution in [0.25, 0.3) is 10.9 Å². The average Bonchev–Trinajstić information content (AvgIpc) is 2.67. The highest BCUT2D eigenvalue weighted by atomic mass is 35.5. The maximum Gasteiger partial charge on any atom is 0.310 e. The SMILES string of the molecule is COC(=O)Cc1cn(S(C)(=O)=O)c2ccc(Cl)cc12. The summed E-state index contributed by atoms with van der Waals surface area (Å²) in [6.45, 7) is 0. The zero-order chi connectivity index (χ0) is 14.2. The van der Waals surface area contributed by atoms with Crippen molar-refractivity contribution in [3.63, 3.8) is 0 Å². The van der Waals surface area contributed by atoms with E-state index < -0.39 is 16.0 Å². The summed E-state index contributed by atoms with van der Waals surface area (Å²) in [4.78, 5) is 11.4. The Morgan fingerprint density at radius 1 is 1.42 bits per heavy atom. The molecular formula is C12H12ClNO4S. The Kier molecular flexibility index (Phi) is 3.56. The molecule has 0 spiro atoms. The van der Waals surface area contributed by atoms with Crippen LogP contribution in [0.2, 0.25) is 5.02 Å². The zero-order valence-corrected chi connectivity index (χ0v) is 12.0. The zero-order valence-electron chi connectivity index (χ0n) is 10.4. The van der Waals surface area contributed by atoms with Crippen molar-refractivity contribution in [1.29, 1.82) is 0 Å². The molecule has 0 saturated heterocycles. The lowest BCUT2D eigenvalue weighted by atomic mass is 10.1. The number of nitrogens with zero attached hydrogens (tertiary/aromatic N) is 1. The number of esters is 1. The van der Waals surface area contributed by atoms with Crippen molar-refractivity contribution in [2.24, 2.45) is 0 Å². The Hall–Kier alpha value is -1.53. The number of rotatable bonds is 3. The lowest BCUT2D eigenvalue weighted by Gasteiger charge is -2.01. The van der Waals surface area contributed by atoms with Crippen LogP contribution in [0.15, 0.2) is 24.4 Å². The van der Waals surface area contributed by atoms with Gasteiger partial charge in [-0.1, -0.05) is 11.6 Å². The van der Waals surface area contributed by atoms with Gasteiger partial charge in [0.2, 0.25) is 10.0 Å². The molecule has 102 valence electrons. The second kappa shape index (κ2) is 4.86. The molecule has 7 heteroatoms. The predicted octanol–water partition coefficient (Wildman–Crippen LogP) is 1.82. The molecule has 1 aromatic carbocycles. The van der Waals surface area contributed by atoms with Gasteiger partial charge in [-0.2, -0.15) is 0 Å². The number of halogens is 1. The van der Waals surface area contributed by atoms with Crippen LogP contribution < -0.4 is 0 Å². The van der Waals surface area contributed by atoms with E-state index in [1.165, 1.54) is 13.3 Å². The molecule has 0 amide bonds. The van der Waals surface area contributed by atoms with Gasteiger partial charge in [-0.3, -0.25) is 4.79 Å². The highest BCUT2D eigenvalue weighted by Gasteiger charge is 2.17. The molecule has 1 aromatic heterocycles. The van der Waals surface area contributed by atoms with Gasteiger partial charge in [-0.25, -0.2) is 12.4 Å². The molecule has 2 rings (SSSR count). The first-order valence-electron chi connectivity index (χ1n) is 5.40. The molecule has 19 heavy (non-hydrogen) atoms. The Bertz CT molecular complexity index is 748. The summed E-state index contributed by atoms with van der Waals surface area (Å²) >= 11 is 5.91. The third-order valence-electron chi connectivity index (χ3n) is 2.73. The van der Waals surface area contributed by atoms with Gasteiger partial charge in [-0.15, -0.1) is 0 Å². The number of fused-ring (bicyclic) bond motifs is 1. The summed E-state index contributed by atoms with van der Waals surface area (Å²) in [5.74, 6) is -0.437. The van der Waals surface area contributed by atoms with Crippen LogP contribution in [0.1, 0.15) is 5.56 Å². The van der Waals surface area contributed by atoms with E-state index in [-0.39, 0.29) is 6.42 Å². The van der Waals surface area contributed by atoms with Gasteiger partial charge in [0, 0.05) is 16.6 Å². The Morgan fingerprint density at radius 2 is 2.11 bits per heavy atom. The Balaban J connectivity index is 2.70. The van der Waals surface area contributed by atoms with Crippen molar-refractivity contribution in [3.8, 4) is 0 Å². The topological polar surface area (TPSA) is 65.4 Å². The highest BCUT2D eigenvalue weighted by Crippen LogP contribution is 2.26. The molecule has 0 radical (unpaired) electrons. The van der Waals surface area contributed by atoms with Crippen molar-refractivity contribution >= 4 is 38.5 Å². The van der Waals surface area contributed by atoms with Crippen molar-refractivity contribution < 1.29 is 17.9 Å². The van der Waals surface area contributed by atoms with Gasteiger partial charge in [-0.05, 0) is 23.8 Å². The van der Waals surface area contributed by atoms with E-state index in [9.17, 15) is 13.2 Å². The van der Waals surface area contributed by atoms with Crippen LogP contribution in [0, 0.1) is 0 Å². The van der Waals surface area contributed by atoms with Crippen molar-refractivity contribution in [3.05, 3.63) is 35.0 Å². The monoisotopic (exact) mass is 301 g/mol. The van der Waals surface area contributed by atoms with Crippen molar-refractivity contribution in [1.82, 2.24) is 3.97 Å². The van der Waals surface area contributed by atoms with Crippen LogP contribution in [0.5, 0.6) is 0 Å². The van der Waals surface area contributed by atoms with E-state index in [0.29, 0.717) is 21.5 Å². The third-order valence-corrected chi connectivity index (χ3v) is 3.99.